The number of likely N-dealkylation sites (tertiary alicyclic amines) is 1. The molecule has 0 aromatic rings. The first-order valence-electron chi connectivity index (χ1n) is 6.60. The normalized spacial score (nSPS) is 23.9. The van der Waals surface area contributed by atoms with Crippen LogP contribution in [-0.4, -0.2) is 37.1 Å². The van der Waals surface area contributed by atoms with Crippen LogP contribution < -0.4 is 5.32 Å². The number of nitrogens with zero attached hydrogens (tertiary/aromatic N) is 2. The smallest absolute Gasteiger partial charge is 0.0638 e. The fraction of sp³-hybridized carbons (Fsp3) is 0.923. The summed E-state index contributed by atoms with van der Waals surface area (Å²) in [6.07, 6.45) is 6.98. The summed E-state index contributed by atoms with van der Waals surface area (Å²) in [5.41, 5.74) is 0. The van der Waals surface area contributed by atoms with Crippen LogP contribution >= 0.6 is 0 Å². The highest BCUT2D eigenvalue weighted by atomic mass is 15.2. The predicted octanol–water partition coefficient (Wildman–Crippen LogP) is 2.14. The van der Waals surface area contributed by atoms with Crippen LogP contribution in [0.25, 0.3) is 0 Å². The molecule has 0 amide bonds. The number of hydrogen-bond donors (Lipinski definition) is 1. The Morgan fingerprint density at radius 2 is 2.31 bits per heavy atom. The fourth-order valence-corrected chi connectivity index (χ4v) is 2.73. The molecule has 0 aromatic carbocycles. The molecule has 0 spiro atoms. The summed E-state index contributed by atoms with van der Waals surface area (Å²) >= 11 is 0. The van der Waals surface area contributed by atoms with E-state index in [1.165, 1.54) is 32.2 Å². The van der Waals surface area contributed by atoms with E-state index in [2.05, 4.69) is 23.2 Å². The molecule has 1 aliphatic rings. The highest BCUT2D eigenvalue weighted by Crippen LogP contribution is 2.24. The van der Waals surface area contributed by atoms with Gasteiger partial charge in [0.15, 0.2) is 0 Å². The first-order valence-corrected chi connectivity index (χ1v) is 6.60. The molecule has 3 heteroatoms. The predicted molar refractivity (Wildman–Crippen MR) is 67.2 cm³/mol. The highest BCUT2D eigenvalue weighted by molar-refractivity contribution is 4.88. The molecule has 2 atom stereocenters. The van der Waals surface area contributed by atoms with E-state index in [1.54, 1.807) is 0 Å². The van der Waals surface area contributed by atoms with Gasteiger partial charge in [0.1, 0.15) is 0 Å². The van der Waals surface area contributed by atoms with E-state index in [0.29, 0.717) is 18.5 Å². The second kappa shape index (κ2) is 7.65. The quantitative estimate of drug-likeness (QED) is 0.750. The molecular formula is C13H25N3. The van der Waals surface area contributed by atoms with Crippen LogP contribution in [0.3, 0.4) is 0 Å². The van der Waals surface area contributed by atoms with Crippen molar-refractivity contribution in [1.82, 2.24) is 10.2 Å². The lowest BCUT2D eigenvalue weighted by Gasteiger charge is -2.40. The van der Waals surface area contributed by atoms with Crippen molar-refractivity contribution < 1.29 is 0 Å². The number of nitriles is 1. The van der Waals surface area contributed by atoms with Crippen molar-refractivity contribution in [3.63, 3.8) is 0 Å². The lowest BCUT2D eigenvalue weighted by molar-refractivity contribution is 0.0882. The van der Waals surface area contributed by atoms with Crippen LogP contribution in [0, 0.1) is 11.3 Å². The van der Waals surface area contributed by atoms with E-state index in [1.807, 2.05) is 7.05 Å². The van der Waals surface area contributed by atoms with Crippen LogP contribution in [-0.2, 0) is 0 Å². The number of rotatable bonds is 6. The minimum absolute atomic E-state index is 0.479. The molecule has 16 heavy (non-hydrogen) atoms. The van der Waals surface area contributed by atoms with Gasteiger partial charge in [-0.15, -0.1) is 0 Å². The zero-order valence-electron chi connectivity index (χ0n) is 10.7. The van der Waals surface area contributed by atoms with Gasteiger partial charge in [-0.2, -0.15) is 5.26 Å². The molecule has 1 heterocycles. The summed E-state index contributed by atoms with van der Waals surface area (Å²) in [4.78, 5) is 2.59. The number of nitrogens with one attached hydrogen (secondary N) is 1. The minimum atomic E-state index is 0.479. The SMILES string of the molecule is CCC(CC#N)N1CCCCC1CCNC. The van der Waals surface area contributed by atoms with Crippen molar-refractivity contribution in [3.05, 3.63) is 0 Å². The summed E-state index contributed by atoms with van der Waals surface area (Å²) in [5, 5.41) is 12.1. The van der Waals surface area contributed by atoms with Gasteiger partial charge in [-0.05, 0) is 45.8 Å². The van der Waals surface area contributed by atoms with E-state index >= 15 is 0 Å². The molecule has 1 fully saturated rings. The Morgan fingerprint density at radius 3 is 2.94 bits per heavy atom. The Bertz CT molecular complexity index is 222. The van der Waals surface area contributed by atoms with E-state index in [0.717, 1.165) is 13.0 Å². The maximum Gasteiger partial charge on any atom is 0.0638 e. The Hall–Kier alpha value is -0.590. The van der Waals surface area contributed by atoms with Crippen molar-refractivity contribution in [2.75, 3.05) is 20.1 Å². The Balaban J connectivity index is 2.53. The van der Waals surface area contributed by atoms with Crippen molar-refractivity contribution >= 4 is 0 Å². The first kappa shape index (κ1) is 13.5. The molecule has 2 unspecified atom stereocenters. The summed E-state index contributed by atoms with van der Waals surface area (Å²) < 4.78 is 0. The molecule has 1 rings (SSSR count). The zero-order chi connectivity index (χ0) is 11.8. The van der Waals surface area contributed by atoms with Crippen LogP contribution in [0.5, 0.6) is 0 Å². The summed E-state index contributed by atoms with van der Waals surface area (Å²) in [5.74, 6) is 0. The lowest BCUT2D eigenvalue weighted by atomic mass is 9.95. The third kappa shape index (κ3) is 3.77. The van der Waals surface area contributed by atoms with Gasteiger partial charge in [0, 0.05) is 12.1 Å². The van der Waals surface area contributed by atoms with E-state index < -0.39 is 0 Å². The van der Waals surface area contributed by atoms with E-state index in [-0.39, 0.29) is 0 Å². The molecule has 0 radical (unpaired) electrons. The first-order chi connectivity index (χ1) is 7.83. The number of hydrogen-bond acceptors (Lipinski definition) is 3. The Kier molecular flexibility index (Phi) is 6.44. The molecule has 0 aliphatic carbocycles. The van der Waals surface area contributed by atoms with Crippen LogP contribution in [0.1, 0.15) is 45.4 Å². The molecule has 0 aromatic heterocycles. The van der Waals surface area contributed by atoms with Gasteiger partial charge in [0.05, 0.1) is 12.5 Å². The van der Waals surface area contributed by atoms with Crippen molar-refractivity contribution in [3.8, 4) is 6.07 Å². The fourth-order valence-electron chi connectivity index (χ4n) is 2.73. The van der Waals surface area contributed by atoms with Gasteiger partial charge in [-0.3, -0.25) is 4.90 Å². The molecule has 3 nitrogen and oxygen atoms in total. The average Bonchev–Trinajstić information content (AvgIpc) is 2.34. The van der Waals surface area contributed by atoms with Crippen LogP contribution in [0.15, 0.2) is 0 Å². The highest BCUT2D eigenvalue weighted by Gasteiger charge is 2.27. The zero-order valence-corrected chi connectivity index (χ0v) is 10.7. The lowest BCUT2D eigenvalue weighted by Crippen LogP contribution is -2.46. The maximum absolute atomic E-state index is 8.87. The molecule has 92 valence electrons. The molecule has 1 aliphatic heterocycles. The van der Waals surface area contributed by atoms with Gasteiger partial charge in [-0.25, -0.2) is 0 Å². The van der Waals surface area contributed by atoms with Gasteiger partial charge in [0.25, 0.3) is 0 Å². The Labute approximate surface area is 99.8 Å². The van der Waals surface area contributed by atoms with Crippen molar-refractivity contribution in [2.45, 2.75) is 57.5 Å². The van der Waals surface area contributed by atoms with Crippen molar-refractivity contribution in [1.29, 1.82) is 5.26 Å². The molecule has 0 bridgehead atoms. The van der Waals surface area contributed by atoms with Gasteiger partial charge in [0.2, 0.25) is 0 Å². The summed E-state index contributed by atoms with van der Waals surface area (Å²) in [7, 11) is 2.01. The molecule has 1 N–H and O–H groups in total. The summed E-state index contributed by atoms with van der Waals surface area (Å²) in [6.45, 7) is 4.48. The minimum Gasteiger partial charge on any atom is -0.320 e. The third-order valence-electron chi connectivity index (χ3n) is 3.67. The second-order valence-corrected chi connectivity index (χ2v) is 4.70. The van der Waals surface area contributed by atoms with Crippen LogP contribution in [0.4, 0.5) is 0 Å². The number of piperidine rings is 1. The Morgan fingerprint density at radius 1 is 1.50 bits per heavy atom. The third-order valence-corrected chi connectivity index (χ3v) is 3.67. The van der Waals surface area contributed by atoms with E-state index in [9.17, 15) is 0 Å². The van der Waals surface area contributed by atoms with Crippen LogP contribution in [0.2, 0.25) is 0 Å². The topological polar surface area (TPSA) is 39.1 Å². The van der Waals surface area contributed by atoms with Gasteiger partial charge in [-0.1, -0.05) is 13.3 Å². The van der Waals surface area contributed by atoms with Gasteiger partial charge < -0.3 is 5.32 Å². The molecular weight excluding hydrogens is 198 g/mol. The monoisotopic (exact) mass is 223 g/mol. The second-order valence-electron chi connectivity index (χ2n) is 4.70. The van der Waals surface area contributed by atoms with E-state index in [4.69, 9.17) is 5.26 Å². The van der Waals surface area contributed by atoms with Crippen molar-refractivity contribution in [2.24, 2.45) is 0 Å². The van der Waals surface area contributed by atoms with Gasteiger partial charge >= 0.3 is 0 Å². The average molecular weight is 223 g/mol. The maximum atomic E-state index is 8.87. The molecule has 1 saturated heterocycles. The molecule has 0 saturated carbocycles. The standard InChI is InChI=1S/C13H25N3/c1-3-12(7-9-14)16-11-5-4-6-13(16)8-10-15-2/h12-13,15H,3-8,10-11H2,1-2H3. The summed E-state index contributed by atoms with van der Waals surface area (Å²) in [6, 6.07) is 3.51. The largest absolute Gasteiger partial charge is 0.320 e.